The number of nitrogens with zero attached hydrogens (tertiary/aromatic N) is 2. The van der Waals surface area contributed by atoms with E-state index >= 15 is 0 Å². The molecule has 0 aliphatic heterocycles. The molecule has 0 fully saturated rings. The minimum atomic E-state index is -5.57. The van der Waals surface area contributed by atoms with Crippen LogP contribution in [-0.2, 0) is 10.0 Å². The van der Waals surface area contributed by atoms with Gasteiger partial charge in [0.15, 0.2) is 5.75 Å². The largest absolute Gasteiger partial charge is 0.516 e. The van der Waals surface area contributed by atoms with Gasteiger partial charge in [-0.05, 0) is 50.2 Å². The Morgan fingerprint density at radius 2 is 1.81 bits per heavy atom. The fourth-order valence-corrected chi connectivity index (χ4v) is 2.59. The highest BCUT2D eigenvalue weighted by molar-refractivity contribution is 7.93. The maximum atomic E-state index is 12.6. The van der Waals surface area contributed by atoms with Crippen molar-refractivity contribution < 1.29 is 26.4 Å². The van der Waals surface area contributed by atoms with Crippen molar-refractivity contribution >= 4 is 21.4 Å². The zero-order chi connectivity index (χ0) is 20.2. The number of hydrogen-bond donors (Lipinski definition) is 1. The zero-order valence-electron chi connectivity index (χ0n) is 14.2. The third-order valence-corrected chi connectivity index (χ3v) is 4.48. The monoisotopic (exact) mass is 397 g/mol. The quantitative estimate of drug-likeness (QED) is 0.611. The molecule has 1 N–H and O–H groups in total. The van der Waals surface area contributed by atoms with Gasteiger partial charge in [-0.2, -0.15) is 26.9 Å². The molecule has 0 amide bonds. The first-order chi connectivity index (χ1) is 12.5. The van der Waals surface area contributed by atoms with Crippen LogP contribution >= 0.6 is 0 Å². The number of sulfonamides is 1. The van der Waals surface area contributed by atoms with Crippen molar-refractivity contribution in [3.63, 3.8) is 0 Å². The van der Waals surface area contributed by atoms with E-state index in [0.29, 0.717) is 16.9 Å². The Bertz CT molecular complexity index is 1010. The maximum absolute atomic E-state index is 12.6. The lowest BCUT2D eigenvalue weighted by atomic mass is 10.1. The van der Waals surface area contributed by atoms with Gasteiger partial charge in [0.05, 0.1) is 23.0 Å². The van der Waals surface area contributed by atoms with Gasteiger partial charge in [-0.3, -0.25) is 4.72 Å². The molecular formula is C17H14F3N3O3S. The van der Waals surface area contributed by atoms with Gasteiger partial charge in [-0.1, -0.05) is 16.8 Å². The van der Waals surface area contributed by atoms with Crippen LogP contribution in [0.2, 0.25) is 0 Å². The van der Waals surface area contributed by atoms with E-state index in [0.717, 1.165) is 0 Å². The van der Waals surface area contributed by atoms with Crippen molar-refractivity contribution in [3.05, 3.63) is 59.2 Å². The van der Waals surface area contributed by atoms with Gasteiger partial charge in [0.1, 0.15) is 0 Å². The first-order valence-electron chi connectivity index (χ1n) is 7.45. The number of nitriles is 1. The van der Waals surface area contributed by atoms with Crippen LogP contribution in [0.3, 0.4) is 0 Å². The fraction of sp³-hybridized carbons (Fsp3) is 0.176. The van der Waals surface area contributed by atoms with Crippen LogP contribution in [0.1, 0.15) is 23.6 Å². The van der Waals surface area contributed by atoms with Gasteiger partial charge in [-0.25, -0.2) is 0 Å². The van der Waals surface area contributed by atoms with E-state index in [1.165, 1.54) is 54.1 Å². The number of benzene rings is 2. The molecule has 0 heterocycles. The average molecular weight is 397 g/mol. The third-order valence-electron chi connectivity index (χ3n) is 3.39. The van der Waals surface area contributed by atoms with Crippen molar-refractivity contribution in [2.24, 2.45) is 5.16 Å². The molecule has 10 heteroatoms. The van der Waals surface area contributed by atoms with Gasteiger partial charge in [0, 0.05) is 5.56 Å². The predicted octanol–water partition coefficient (Wildman–Crippen LogP) is 3.93. The molecule has 0 spiro atoms. The summed E-state index contributed by atoms with van der Waals surface area (Å²) in [4.78, 5) is 5.19. The predicted molar refractivity (Wildman–Crippen MR) is 93.8 cm³/mol. The number of rotatable bonds is 5. The second-order valence-electron chi connectivity index (χ2n) is 5.50. The molecule has 27 heavy (non-hydrogen) atoms. The summed E-state index contributed by atoms with van der Waals surface area (Å²) in [6.45, 7) is 3.16. The van der Waals surface area contributed by atoms with Crippen LogP contribution in [0.4, 0.5) is 18.9 Å². The first-order valence-corrected chi connectivity index (χ1v) is 8.94. The van der Waals surface area contributed by atoms with Crippen molar-refractivity contribution in [3.8, 4) is 11.8 Å². The Labute approximate surface area is 153 Å². The van der Waals surface area contributed by atoms with E-state index in [9.17, 15) is 21.6 Å². The first kappa shape index (κ1) is 20.3. The van der Waals surface area contributed by atoms with Gasteiger partial charge >= 0.3 is 15.5 Å². The molecule has 2 rings (SSSR count). The van der Waals surface area contributed by atoms with Gasteiger partial charge in [0.2, 0.25) is 0 Å². The van der Waals surface area contributed by atoms with Gasteiger partial charge in [0.25, 0.3) is 0 Å². The Morgan fingerprint density at radius 1 is 1.19 bits per heavy atom. The molecule has 2 aromatic rings. The van der Waals surface area contributed by atoms with Crippen molar-refractivity contribution in [2.45, 2.75) is 19.4 Å². The molecule has 142 valence electrons. The van der Waals surface area contributed by atoms with Crippen molar-refractivity contribution in [2.75, 3.05) is 4.72 Å². The van der Waals surface area contributed by atoms with E-state index in [1.807, 2.05) is 6.07 Å². The summed E-state index contributed by atoms with van der Waals surface area (Å²) in [5.74, 6) is 0.304. The normalized spacial score (nSPS) is 12.4. The molecule has 0 radical (unpaired) electrons. The molecular weight excluding hydrogens is 383 g/mol. The van der Waals surface area contributed by atoms with Crippen LogP contribution in [0.5, 0.6) is 5.75 Å². The second-order valence-corrected chi connectivity index (χ2v) is 7.18. The van der Waals surface area contributed by atoms with Gasteiger partial charge in [-0.15, -0.1) is 0 Å². The molecule has 0 aromatic heterocycles. The highest BCUT2D eigenvalue weighted by Crippen LogP contribution is 2.28. The summed E-state index contributed by atoms with van der Waals surface area (Å²) < 4.78 is 62.2. The molecule has 0 aliphatic carbocycles. The minimum absolute atomic E-state index is 0.136. The van der Waals surface area contributed by atoms with Crippen LogP contribution in [0.15, 0.2) is 47.6 Å². The van der Waals surface area contributed by atoms with E-state index < -0.39 is 15.5 Å². The lowest BCUT2D eigenvalue weighted by Gasteiger charge is -2.14. The fourth-order valence-electron chi connectivity index (χ4n) is 2.01. The SMILES string of the molecule is C/C(=N\Oc1ccc(C#N)cc1)c1cc(C)ccc1NS(=O)(=O)C(F)(F)F. The summed E-state index contributed by atoms with van der Waals surface area (Å²) in [5, 5.41) is 12.6. The maximum Gasteiger partial charge on any atom is 0.516 e. The van der Waals surface area contributed by atoms with E-state index in [-0.39, 0.29) is 17.0 Å². The topological polar surface area (TPSA) is 91.5 Å². The minimum Gasteiger partial charge on any atom is -0.357 e. The number of oxime groups is 1. The number of anilines is 1. The molecule has 2 aromatic carbocycles. The average Bonchev–Trinajstić information content (AvgIpc) is 2.60. The Balaban J connectivity index is 2.33. The standard InChI is InChI=1S/C17H14F3N3O3S/c1-11-3-8-16(23-27(24,25)17(18,19)20)15(9-11)12(2)22-26-14-6-4-13(10-21)5-7-14/h3-9,23H,1-2H3/b22-12+. The zero-order valence-corrected chi connectivity index (χ0v) is 15.0. The number of alkyl halides is 3. The summed E-state index contributed by atoms with van der Waals surface area (Å²) in [5.41, 5.74) is -4.32. The Kier molecular flexibility index (Phi) is 5.75. The van der Waals surface area contributed by atoms with Crippen LogP contribution in [-0.4, -0.2) is 19.6 Å². The molecule has 0 bridgehead atoms. The lowest BCUT2D eigenvalue weighted by molar-refractivity contribution is -0.0429. The molecule has 0 atom stereocenters. The second kappa shape index (κ2) is 7.67. The summed E-state index contributed by atoms with van der Waals surface area (Å²) in [6.07, 6.45) is 0. The Morgan fingerprint density at radius 3 is 2.37 bits per heavy atom. The van der Waals surface area contributed by atoms with E-state index in [2.05, 4.69) is 5.16 Å². The van der Waals surface area contributed by atoms with Crippen molar-refractivity contribution in [1.82, 2.24) is 0 Å². The van der Waals surface area contributed by atoms with Crippen LogP contribution < -0.4 is 9.56 Å². The molecule has 6 nitrogen and oxygen atoms in total. The summed E-state index contributed by atoms with van der Waals surface area (Å²) in [7, 11) is -5.57. The smallest absolute Gasteiger partial charge is 0.357 e. The van der Waals surface area contributed by atoms with E-state index in [4.69, 9.17) is 10.1 Å². The molecule has 0 aliphatic rings. The number of hydrogen-bond acceptors (Lipinski definition) is 5. The number of halogens is 3. The van der Waals surface area contributed by atoms with Crippen LogP contribution in [0, 0.1) is 18.3 Å². The van der Waals surface area contributed by atoms with Crippen LogP contribution in [0.25, 0.3) is 0 Å². The summed E-state index contributed by atoms with van der Waals surface area (Å²) >= 11 is 0. The molecule has 0 saturated carbocycles. The number of nitrogens with one attached hydrogen (secondary N) is 1. The van der Waals surface area contributed by atoms with Gasteiger partial charge < -0.3 is 4.84 Å². The highest BCUT2D eigenvalue weighted by atomic mass is 32.2. The summed E-state index contributed by atoms with van der Waals surface area (Å²) in [6, 6.07) is 12.1. The number of aryl methyl sites for hydroxylation is 1. The molecule has 0 unspecified atom stereocenters. The Hall–Kier alpha value is -3.06. The molecule has 0 saturated heterocycles. The lowest BCUT2D eigenvalue weighted by Crippen LogP contribution is -2.30. The highest BCUT2D eigenvalue weighted by Gasteiger charge is 2.46. The van der Waals surface area contributed by atoms with Crippen molar-refractivity contribution in [1.29, 1.82) is 5.26 Å². The third kappa shape index (κ3) is 4.98. The van der Waals surface area contributed by atoms with E-state index in [1.54, 1.807) is 6.92 Å².